The number of benzene rings is 1. The summed E-state index contributed by atoms with van der Waals surface area (Å²) in [5, 5.41) is 2.83. The first-order valence-electron chi connectivity index (χ1n) is 5.12. The molecule has 0 aliphatic heterocycles. The lowest BCUT2D eigenvalue weighted by Crippen LogP contribution is -2.01. The Kier molecular flexibility index (Phi) is 3.78. The quantitative estimate of drug-likeness (QED) is 0.916. The third-order valence-corrected chi connectivity index (χ3v) is 2.23. The van der Waals surface area contributed by atoms with Crippen LogP contribution in [0.4, 0.5) is 5.95 Å². The Morgan fingerprint density at radius 1 is 1.17 bits per heavy atom. The van der Waals surface area contributed by atoms with Crippen LogP contribution in [0.5, 0.6) is 17.5 Å². The molecule has 94 valence electrons. The van der Waals surface area contributed by atoms with E-state index in [0.29, 0.717) is 17.4 Å². The molecule has 0 atom stereocenters. The van der Waals surface area contributed by atoms with Crippen LogP contribution in [0.1, 0.15) is 0 Å². The number of hydrogen-bond donors (Lipinski definition) is 1. The Morgan fingerprint density at radius 3 is 2.67 bits per heavy atom. The fourth-order valence-corrected chi connectivity index (χ4v) is 1.41. The Hall–Kier alpha value is -2.08. The van der Waals surface area contributed by atoms with Gasteiger partial charge in [-0.05, 0) is 23.7 Å². The lowest BCUT2D eigenvalue weighted by atomic mass is 10.3. The molecule has 0 radical (unpaired) electrons. The van der Waals surface area contributed by atoms with Crippen LogP contribution in [0.15, 0.2) is 24.3 Å². The number of methoxy groups -OCH3 is 1. The van der Waals surface area contributed by atoms with Crippen molar-refractivity contribution in [2.75, 3.05) is 19.5 Å². The number of nitrogens with one attached hydrogen (secondary N) is 1. The van der Waals surface area contributed by atoms with Crippen LogP contribution in [0.3, 0.4) is 0 Å². The second kappa shape index (κ2) is 5.50. The second-order valence-corrected chi connectivity index (χ2v) is 3.58. The van der Waals surface area contributed by atoms with Gasteiger partial charge in [-0.2, -0.15) is 15.0 Å². The summed E-state index contributed by atoms with van der Waals surface area (Å²) in [6, 6.07) is 7.21. The summed E-state index contributed by atoms with van der Waals surface area (Å²) in [5.41, 5.74) is 0. The summed E-state index contributed by atoms with van der Waals surface area (Å²) in [4.78, 5) is 11.7. The van der Waals surface area contributed by atoms with Crippen molar-refractivity contribution in [3.63, 3.8) is 0 Å². The molecule has 0 amide bonds. The van der Waals surface area contributed by atoms with E-state index in [2.05, 4.69) is 20.3 Å². The Balaban J connectivity index is 2.24. The zero-order valence-electron chi connectivity index (χ0n) is 9.85. The van der Waals surface area contributed by atoms with Crippen molar-refractivity contribution in [2.45, 2.75) is 0 Å². The first kappa shape index (κ1) is 12.4. The number of hydrogen-bond acceptors (Lipinski definition) is 6. The predicted octanol–water partition coefficient (Wildman–Crippen LogP) is 2.37. The van der Waals surface area contributed by atoms with E-state index in [0.717, 1.165) is 0 Å². The number of ether oxygens (including phenoxy) is 2. The van der Waals surface area contributed by atoms with Gasteiger partial charge in [-0.25, -0.2) is 0 Å². The highest BCUT2D eigenvalue weighted by atomic mass is 35.5. The van der Waals surface area contributed by atoms with E-state index < -0.39 is 0 Å². The summed E-state index contributed by atoms with van der Waals surface area (Å²) in [6.07, 6.45) is 0. The third kappa shape index (κ3) is 2.98. The topological polar surface area (TPSA) is 69.2 Å². The zero-order chi connectivity index (χ0) is 13.0. The minimum Gasteiger partial charge on any atom is -0.497 e. The molecular weight excluding hydrogens is 256 g/mol. The third-order valence-electron chi connectivity index (χ3n) is 2.06. The van der Waals surface area contributed by atoms with Gasteiger partial charge >= 0.3 is 6.01 Å². The molecular formula is C11H11ClN4O2. The van der Waals surface area contributed by atoms with Crippen LogP contribution in [0.25, 0.3) is 0 Å². The van der Waals surface area contributed by atoms with Crippen LogP contribution >= 0.6 is 11.6 Å². The van der Waals surface area contributed by atoms with Gasteiger partial charge in [0.1, 0.15) is 11.5 Å². The molecule has 0 saturated heterocycles. The van der Waals surface area contributed by atoms with Crippen molar-refractivity contribution in [3.05, 3.63) is 29.5 Å². The van der Waals surface area contributed by atoms with E-state index in [1.54, 1.807) is 32.4 Å². The molecule has 2 rings (SSSR count). The van der Waals surface area contributed by atoms with Crippen LogP contribution < -0.4 is 14.8 Å². The highest BCUT2D eigenvalue weighted by molar-refractivity contribution is 6.28. The molecule has 18 heavy (non-hydrogen) atoms. The maximum absolute atomic E-state index is 5.75. The van der Waals surface area contributed by atoms with Crippen molar-refractivity contribution >= 4 is 17.5 Å². The van der Waals surface area contributed by atoms with Gasteiger partial charge in [0.05, 0.1) is 7.11 Å². The highest BCUT2D eigenvalue weighted by Gasteiger charge is 2.06. The van der Waals surface area contributed by atoms with Crippen molar-refractivity contribution < 1.29 is 9.47 Å². The van der Waals surface area contributed by atoms with Crippen LogP contribution in [0.2, 0.25) is 5.28 Å². The fourth-order valence-electron chi connectivity index (χ4n) is 1.26. The molecule has 0 aliphatic rings. The fraction of sp³-hybridized carbons (Fsp3) is 0.182. The summed E-state index contributed by atoms with van der Waals surface area (Å²) in [5.74, 6) is 1.58. The van der Waals surface area contributed by atoms with Crippen LogP contribution in [-0.2, 0) is 0 Å². The molecule has 0 bridgehead atoms. The van der Waals surface area contributed by atoms with Gasteiger partial charge < -0.3 is 14.8 Å². The van der Waals surface area contributed by atoms with E-state index in [4.69, 9.17) is 21.1 Å². The van der Waals surface area contributed by atoms with Gasteiger partial charge in [-0.1, -0.05) is 6.07 Å². The minimum atomic E-state index is 0.0623. The highest BCUT2D eigenvalue weighted by Crippen LogP contribution is 2.23. The molecule has 0 unspecified atom stereocenters. The van der Waals surface area contributed by atoms with Gasteiger partial charge in [0, 0.05) is 13.1 Å². The Labute approximate surface area is 109 Å². The van der Waals surface area contributed by atoms with E-state index in [9.17, 15) is 0 Å². The number of rotatable bonds is 4. The van der Waals surface area contributed by atoms with Crippen LogP contribution in [-0.4, -0.2) is 29.1 Å². The number of aromatic nitrogens is 3. The SMILES string of the molecule is CNc1nc(Cl)nc(Oc2cccc(OC)c2)n1. The van der Waals surface area contributed by atoms with Crippen LogP contribution in [0, 0.1) is 0 Å². The smallest absolute Gasteiger partial charge is 0.328 e. The van der Waals surface area contributed by atoms with Crippen molar-refractivity contribution in [1.82, 2.24) is 15.0 Å². The largest absolute Gasteiger partial charge is 0.497 e. The van der Waals surface area contributed by atoms with Crippen molar-refractivity contribution in [1.29, 1.82) is 0 Å². The van der Waals surface area contributed by atoms with Gasteiger partial charge in [-0.15, -0.1) is 0 Å². The second-order valence-electron chi connectivity index (χ2n) is 3.24. The number of nitrogens with zero attached hydrogens (tertiary/aromatic N) is 3. The van der Waals surface area contributed by atoms with E-state index >= 15 is 0 Å². The average molecular weight is 267 g/mol. The molecule has 1 aromatic carbocycles. The van der Waals surface area contributed by atoms with E-state index in [-0.39, 0.29) is 11.3 Å². The Morgan fingerprint density at radius 2 is 1.94 bits per heavy atom. The van der Waals surface area contributed by atoms with E-state index in [1.807, 2.05) is 6.07 Å². The van der Waals surface area contributed by atoms with Crippen molar-refractivity contribution in [2.24, 2.45) is 0 Å². The van der Waals surface area contributed by atoms with Gasteiger partial charge in [0.2, 0.25) is 11.2 Å². The minimum absolute atomic E-state index is 0.0623. The van der Waals surface area contributed by atoms with E-state index in [1.165, 1.54) is 0 Å². The maximum atomic E-state index is 5.75. The van der Waals surface area contributed by atoms with Crippen molar-refractivity contribution in [3.8, 4) is 17.5 Å². The maximum Gasteiger partial charge on any atom is 0.328 e. The molecule has 0 fully saturated rings. The van der Waals surface area contributed by atoms with Gasteiger partial charge in [0.15, 0.2) is 0 Å². The molecule has 0 aliphatic carbocycles. The molecule has 6 nitrogen and oxygen atoms in total. The first-order valence-corrected chi connectivity index (χ1v) is 5.50. The van der Waals surface area contributed by atoms with Gasteiger partial charge in [-0.3, -0.25) is 0 Å². The average Bonchev–Trinajstić information content (AvgIpc) is 2.38. The van der Waals surface area contributed by atoms with Gasteiger partial charge in [0.25, 0.3) is 0 Å². The molecule has 0 saturated carbocycles. The zero-order valence-corrected chi connectivity index (χ0v) is 10.6. The monoisotopic (exact) mass is 266 g/mol. The first-order chi connectivity index (χ1) is 8.71. The lowest BCUT2D eigenvalue weighted by Gasteiger charge is -2.06. The number of halogens is 1. The summed E-state index contributed by atoms with van der Waals surface area (Å²) in [6.45, 7) is 0. The Bertz CT molecular complexity index is 550. The molecule has 1 aromatic heterocycles. The standard InChI is InChI=1S/C11H11ClN4O2/c1-13-10-14-9(12)15-11(16-10)18-8-5-3-4-7(6-8)17-2/h3-6H,1-2H3,(H,13,14,15,16). The summed E-state index contributed by atoms with van der Waals surface area (Å²) in [7, 11) is 3.26. The normalized spacial score (nSPS) is 9.94. The molecule has 0 spiro atoms. The lowest BCUT2D eigenvalue weighted by molar-refractivity contribution is 0.404. The summed E-state index contributed by atoms with van der Waals surface area (Å²) < 4.78 is 10.6. The summed E-state index contributed by atoms with van der Waals surface area (Å²) >= 11 is 5.75. The predicted molar refractivity (Wildman–Crippen MR) is 67.5 cm³/mol. The molecule has 1 heterocycles. The molecule has 7 heteroatoms. The molecule has 2 aromatic rings. The molecule has 1 N–H and O–H groups in total. The number of anilines is 1.